The highest BCUT2D eigenvalue weighted by Crippen LogP contribution is 2.03. The van der Waals surface area contributed by atoms with E-state index < -0.39 is 0 Å². The molecule has 1 aromatic rings. The maximum absolute atomic E-state index is 11.0. The van der Waals surface area contributed by atoms with Crippen molar-refractivity contribution in [3.8, 4) is 0 Å². The molecule has 5 nitrogen and oxygen atoms in total. The Morgan fingerprint density at radius 2 is 2.18 bits per heavy atom. The van der Waals surface area contributed by atoms with Crippen molar-refractivity contribution in [1.29, 1.82) is 0 Å². The number of hydrogen-bond acceptors (Lipinski definition) is 3. The van der Waals surface area contributed by atoms with Gasteiger partial charge in [-0.05, 0) is 33.8 Å². The van der Waals surface area contributed by atoms with Crippen molar-refractivity contribution in [3.05, 3.63) is 17.5 Å². The molecule has 0 saturated heterocycles. The van der Waals surface area contributed by atoms with Crippen molar-refractivity contribution in [2.75, 3.05) is 13.1 Å². The quantitative estimate of drug-likeness (QED) is 0.793. The molecule has 0 bridgehead atoms. The average Bonchev–Trinajstić information content (AvgIpc) is 2.51. The number of aromatic nitrogens is 2. The Kier molecular flexibility index (Phi) is 4.69. The molecule has 0 unspecified atom stereocenters. The predicted molar refractivity (Wildman–Crippen MR) is 67.6 cm³/mol. The van der Waals surface area contributed by atoms with Gasteiger partial charge in [0, 0.05) is 18.3 Å². The van der Waals surface area contributed by atoms with Crippen LogP contribution >= 0.6 is 0 Å². The molecule has 0 aromatic carbocycles. The van der Waals surface area contributed by atoms with Gasteiger partial charge in [-0.1, -0.05) is 0 Å². The van der Waals surface area contributed by atoms with Crippen molar-refractivity contribution < 1.29 is 4.79 Å². The summed E-state index contributed by atoms with van der Waals surface area (Å²) < 4.78 is 1.96. The second-order valence-electron chi connectivity index (χ2n) is 4.68. The molecule has 0 spiro atoms. The summed E-state index contributed by atoms with van der Waals surface area (Å²) in [5, 5.41) is 4.39. The molecule has 0 atom stereocenters. The molecule has 0 radical (unpaired) electrons. The van der Waals surface area contributed by atoms with Gasteiger partial charge in [0.15, 0.2) is 0 Å². The maximum Gasteiger partial charge on any atom is 0.231 e. The van der Waals surface area contributed by atoms with Crippen LogP contribution in [0.1, 0.15) is 25.2 Å². The van der Waals surface area contributed by atoms with E-state index in [9.17, 15) is 4.79 Å². The first-order chi connectivity index (χ1) is 7.90. The zero-order valence-corrected chi connectivity index (χ0v) is 11.1. The Morgan fingerprint density at radius 3 is 2.59 bits per heavy atom. The third-order valence-corrected chi connectivity index (χ3v) is 2.79. The van der Waals surface area contributed by atoms with E-state index in [0.29, 0.717) is 12.6 Å². The van der Waals surface area contributed by atoms with Crippen LogP contribution in [-0.4, -0.2) is 39.7 Å². The van der Waals surface area contributed by atoms with Gasteiger partial charge in [-0.3, -0.25) is 14.4 Å². The van der Waals surface area contributed by atoms with Gasteiger partial charge >= 0.3 is 0 Å². The third-order valence-electron chi connectivity index (χ3n) is 2.79. The highest BCUT2D eigenvalue weighted by molar-refractivity contribution is 5.75. The highest BCUT2D eigenvalue weighted by atomic mass is 16.1. The van der Waals surface area contributed by atoms with Crippen molar-refractivity contribution in [3.63, 3.8) is 0 Å². The minimum atomic E-state index is -0.285. The third kappa shape index (κ3) is 4.19. The minimum absolute atomic E-state index is 0.285. The highest BCUT2D eigenvalue weighted by Gasteiger charge is 2.12. The summed E-state index contributed by atoms with van der Waals surface area (Å²) >= 11 is 0. The van der Waals surface area contributed by atoms with Crippen molar-refractivity contribution >= 4 is 5.91 Å². The lowest BCUT2D eigenvalue weighted by atomic mass is 10.3. The lowest BCUT2D eigenvalue weighted by Crippen LogP contribution is -2.40. The van der Waals surface area contributed by atoms with E-state index in [1.807, 2.05) is 24.6 Å². The van der Waals surface area contributed by atoms with E-state index in [-0.39, 0.29) is 5.91 Å². The smallest absolute Gasteiger partial charge is 0.231 e. The SMILES string of the molecule is Cc1cc(C)n(CCN(CC(N)=O)C(C)C)n1. The van der Waals surface area contributed by atoms with Gasteiger partial charge in [0.2, 0.25) is 5.91 Å². The lowest BCUT2D eigenvalue weighted by molar-refractivity contribution is -0.119. The summed E-state index contributed by atoms with van der Waals surface area (Å²) in [5.41, 5.74) is 7.40. The van der Waals surface area contributed by atoms with E-state index in [2.05, 4.69) is 23.8 Å². The molecule has 1 rings (SSSR count). The maximum atomic E-state index is 11.0. The first kappa shape index (κ1) is 13.7. The van der Waals surface area contributed by atoms with Crippen molar-refractivity contribution in [2.24, 2.45) is 5.73 Å². The van der Waals surface area contributed by atoms with Gasteiger partial charge in [-0.15, -0.1) is 0 Å². The molecule has 1 heterocycles. The van der Waals surface area contributed by atoms with Gasteiger partial charge in [0.05, 0.1) is 18.8 Å². The molecule has 1 amide bonds. The van der Waals surface area contributed by atoms with Crippen LogP contribution in [0.25, 0.3) is 0 Å². The second-order valence-corrected chi connectivity index (χ2v) is 4.68. The van der Waals surface area contributed by atoms with Crippen LogP contribution in [-0.2, 0) is 11.3 Å². The summed E-state index contributed by atoms with van der Waals surface area (Å²) in [6, 6.07) is 2.35. The molecule has 1 aromatic heterocycles. The van der Waals surface area contributed by atoms with Crippen LogP contribution in [0.3, 0.4) is 0 Å². The summed E-state index contributed by atoms with van der Waals surface area (Å²) in [4.78, 5) is 13.0. The fourth-order valence-electron chi connectivity index (χ4n) is 1.84. The van der Waals surface area contributed by atoms with E-state index >= 15 is 0 Å². The van der Waals surface area contributed by atoms with Crippen molar-refractivity contribution in [1.82, 2.24) is 14.7 Å². The average molecular weight is 238 g/mol. The minimum Gasteiger partial charge on any atom is -0.369 e. The van der Waals surface area contributed by atoms with E-state index in [1.54, 1.807) is 0 Å². The molecule has 5 heteroatoms. The number of hydrogen-bond donors (Lipinski definition) is 1. The Labute approximate surface area is 103 Å². The number of carbonyl (C=O) groups excluding carboxylic acids is 1. The van der Waals surface area contributed by atoms with E-state index in [4.69, 9.17) is 5.73 Å². The largest absolute Gasteiger partial charge is 0.369 e. The first-order valence-electron chi connectivity index (χ1n) is 5.93. The lowest BCUT2D eigenvalue weighted by Gasteiger charge is -2.24. The number of rotatable bonds is 6. The van der Waals surface area contributed by atoms with Crippen LogP contribution in [0.15, 0.2) is 6.07 Å². The van der Waals surface area contributed by atoms with Crippen LogP contribution in [0, 0.1) is 13.8 Å². The zero-order chi connectivity index (χ0) is 13.0. The zero-order valence-electron chi connectivity index (χ0n) is 11.1. The van der Waals surface area contributed by atoms with Crippen molar-refractivity contribution in [2.45, 2.75) is 40.3 Å². The molecule has 17 heavy (non-hydrogen) atoms. The van der Waals surface area contributed by atoms with Gasteiger partial charge < -0.3 is 5.73 Å². The molecular formula is C12H22N4O. The summed E-state index contributed by atoms with van der Waals surface area (Å²) in [5.74, 6) is -0.285. The fourth-order valence-corrected chi connectivity index (χ4v) is 1.84. The predicted octanol–water partition coefficient (Wildman–Crippen LogP) is 0.696. The number of nitrogens with zero attached hydrogens (tertiary/aromatic N) is 3. The summed E-state index contributed by atoms with van der Waals surface area (Å²) in [7, 11) is 0. The van der Waals surface area contributed by atoms with Crippen LogP contribution in [0.5, 0.6) is 0 Å². The van der Waals surface area contributed by atoms with Crippen LogP contribution in [0.4, 0.5) is 0 Å². The molecule has 0 aliphatic rings. The normalized spacial score (nSPS) is 11.4. The monoisotopic (exact) mass is 238 g/mol. The molecule has 0 saturated carbocycles. The molecular weight excluding hydrogens is 216 g/mol. The molecule has 0 aliphatic carbocycles. The fraction of sp³-hybridized carbons (Fsp3) is 0.667. The van der Waals surface area contributed by atoms with Gasteiger partial charge in [-0.25, -0.2) is 0 Å². The van der Waals surface area contributed by atoms with Gasteiger partial charge in [0.1, 0.15) is 0 Å². The number of carbonyl (C=O) groups is 1. The number of aryl methyl sites for hydroxylation is 2. The van der Waals surface area contributed by atoms with E-state index in [1.165, 1.54) is 0 Å². The number of amides is 1. The van der Waals surface area contributed by atoms with Crippen LogP contribution < -0.4 is 5.73 Å². The number of primary amides is 1. The standard InChI is InChI=1S/C12H22N4O/c1-9(2)15(8-12(13)17)5-6-16-11(4)7-10(3)14-16/h7,9H,5-6,8H2,1-4H3,(H2,13,17). The Hall–Kier alpha value is -1.36. The molecule has 0 aliphatic heterocycles. The Balaban J connectivity index is 2.57. The first-order valence-corrected chi connectivity index (χ1v) is 5.93. The van der Waals surface area contributed by atoms with Gasteiger partial charge in [0.25, 0.3) is 0 Å². The van der Waals surface area contributed by atoms with E-state index in [0.717, 1.165) is 24.5 Å². The number of nitrogens with two attached hydrogens (primary N) is 1. The Morgan fingerprint density at radius 1 is 1.53 bits per heavy atom. The summed E-state index contributed by atoms with van der Waals surface area (Å²) in [6.45, 7) is 10.00. The summed E-state index contributed by atoms with van der Waals surface area (Å²) in [6.07, 6.45) is 0. The van der Waals surface area contributed by atoms with Crippen LogP contribution in [0.2, 0.25) is 0 Å². The van der Waals surface area contributed by atoms with Gasteiger partial charge in [-0.2, -0.15) is 5.10 Å². The Bertz CT molecular complexity index is 384. The molecule has 96 valence electrons. The molecule has 0 fully saturated rings. The molecule has 2 N–H and O–H groups in total. The topological polar surface area (TPSA) is 64.2 Å². The second kappa shape index (κ2) is 5.82.